The Morgan fingerprint density at radius 2 is 2.25 bits per heavy atom. The van der Waals surface area contributed by atoms with Gasteiger partial charge in [-0.3, -0.25) is 9.59 Å². The summed E-state index contributed by atoms with van der Waals surface area (Å²) in [5.74, 6) is -0.0197. The van der Waals surface area contributed by atoms with Crippen LogP contribution in [0.2, 0.25) is 0 Å². The first-order valence-electron chi connectivity index (χ1n) is 2.23. The normalized spacial score (nSPS) is 21.5. The zero-order valence-electron chi connectivity index (χ0n) is 4.14. The van der Waals surface area contributed by atoms with Gasteiger partial charge in [0, 0.05) is 0 Å². The van der Waals surface area contributed by atoms with Crippen molar-refractivity contribution >= 4 is 22.8 Å². The van der Waals surface area contributed by atoms with Crippen molar-refractivity contribution in [2.24, 2.45) is 0 Å². The monoisotopic (exact) mass is 131 g/mol. The van der Waals surface area contributed by atoms with E-state index >= 15 is 0 Å². The van der Waals surface area contributed by atoms with Gasteiger partial charge >= 0.3 is 0 Å². The maximum atomic E-state index is 10.4. The van der Waals surface area contributed by atoms with Crippen LogP contribution in [0.25, 0.3) is 0 Å². The first kappa shape index (κ1) is 5.78. The summed E-state index contributed by atoms with van der Waals surface area (Å²) in [7, 11) is 0. The molecule has 0 amide bonds. The summed E-state index contributed by atoms with van der Waals surface area (Å²) in [5.41, 5.74) is 0. The lowest BCUT2D eigenvalue weighted by Gasteiger charge is -2.06. The smallest absolute Gasteiger partial charge is 0.211 e. The van der Waals surface area contributed by atoms with E-state index in [4.69, 9.17) is 0 Å². The predicted molar refractivity (Wildman–Crippen MR) is 30.2 cm³/mol. The molecule has 1 aliphatic rings. The molecule has 0 bridgehead atoms. The van der Waals surface area contributed by atoms with Gasteiger partial charge in [0.25, 0.3) is 0 Å². The van der Waals surface area contributed by atoms with Gasteiger partial charge in [-0.05, 0) is 11.9 Å². The predicted octanol–water partition coefficient (Wildman–Crippen LogP) is -0.276. The average Bonchev–Trinajstić information content (AvgIpc) is 1.64. The largest absolute Gasteiger partial charge is 0.298 e. The Bertz CT molecular complexity index is 120. The second kappa shape index (κ2) is 2.28. The Balaban J connectivity index is 2.45. The number of ketones is 1. The molecule has 0 spiro atoms. The van der Waals surface area contributed by atoms with Gasteiger partial charge in [-0.1, -0.05) is 0 Å². The standard InChI is InChI=1S/C4H5NO2S/c6-3-1-4(7)8-5-2-3/h5H,1-2H2. The molecule has 0 atom stereocenters. The van der Waals surface area contributed by atoms with Crippen LogP contribution >= 0.6 is 11.9 Å². The molecule has 1 N–H and O–H groups in total. The third-order valence-corrected chi connectivity index (χ3v) is 1.46. The molecule has 0 aromatic rings. The summed E-state index contributed by atoms with van der Waals surface area (Å²) < 4.78 is 2.60. The highest BCUT2D eigenvalue weighted by molar-refractivity contribution is 8.12. The Kier molecular flexibility index (Phi) is 1.65. The maximum Gasteiger partial charge on any atom is 0.211 e. The Labute approximate surface area is 51.0 Å². The fourth-order valence-corrected chi connectivity index (χ4v) is 1.08. The van der Waals surface area contributed by atoms with Crippen molar-refractivity contribution in [3.8, 4) is 0 Å². The molecule has 0 unspecified atom stereocenters. The highest BCUT2D eigenvalue weighted by Crippen LogP contribution is 2.05. The van der Waals surface area contributed by atoms with Crippen molar-refractivity contribution in [3.05, 3.63) is 0 Å². The van der Waals surface area contributed by atoms with E-state index in [0.717, 1.165) is 11.9 Å². The quantitative estimate of drug-likeness (QED) is 0.363. The van der Waals surface area contributed by atoms with Gasteiger partial charge in [0.15, 0.2) is 5.78 Å². The summed E-state index contributed by atoms with van der Waals surface area (Å²) in [6, 6.07) is 0. The van der Waals surface area contributed by atoms with Crippen LogP contribution in [0.1, 0.15) is 6.42 Å². The van der Waals surface area contributed by atoms with Crippen LogP contribution in [0.15, 0.2) is 0 Å². The van der Waals surface area contributed by atoms with Crippen molar-refractivity contribution < 1.29 is 9.59 Å². The summed E-state index contributed by atoms with van der Waals surface area (Å²) in [6.07, 6.45) is 0.0949. The van der Waals surface area contributed by atoms with Crippen LogP contribution in [0.5, 0.6) is 0 Å². The van der Waals surface area contributed by atoms with Gasteiger partial charge in [-0.25, -0.2) is 4.72 Å². The molecule has 0 aromatic carbocycles. The Morgan fingerprint density at radius 3 is 2.62 bits per heavy atom. The minimum absolute atomic E-state index is 0.0197. The van der Waals surface area contributed by atoms with Crippen molar-refractivity contribution in [3.63, 3.8) is 0 Å². The molecule has 4 heteroatoms. The van der Waals surface area contributed by atoms with E-state index in [0.29, 0.717) is 6.54 Å². The summed E-state index contributed by atoms with van der Waals surface area (Å²) in [6.45, 7) is 0.330. The number of carbonyl (C=O) groups is 2. The van der Waals surface area contributed by atoms with Crippen molar-refractivity contribution in [1.29, 1.82) is 0 Å². The van der Waals surface area contributed by atoms with Crippen molar-refractivity contribution in [1.82, 2.24) is 4.72 Å². The number of nitrogens with one attached hydrogen (secondary N) is 1. The van der Waals surface area contributed by atoms with Gasteiger partial charge in [0.05, 0.1) is 13.0 Å². The number of rotatable bonds is 0. The molecule has 1 heterocycles. The lowest BCUT2D eigenvalue weighted by molar-refractivity contribution is -0.123. The third kappa shape index (κ3) is 1.31. The fraction of sp³-hybridized carbons (Fsp3) is 0.500. The Morgan fingerprint density at radius 1 is 1.50 bits per heavy atom. The van der Waals surface area contributed by atoms with E-state index in [2.05, 4.69) is 4.72 Å². The molecule has 0 radical (unpaired) electrons. The minimum atomic E-state index is -0.0822. The first-order valence-corrected chi connectivity index (χ1v) is 3.05. The number of hydrogen-bond donors (Lipinski definition) is 1. The van der Waals surface area contributed by atoms with Gasteiger partial charge in [0.2, 0.25) is 5.12 Å². The summed E-state index contributed by atoms with van der Waals surface area (Å²) in [5, 5.41) is -0.0822. The third-order valence-electron chi connectivity index (χ3n) is 0.797. The van der Waals surface area contributed by atoms with E-state index in [1.807, 2.05) is 0 Å². The molecule has 1 rings (SSSR count). The lowest BCUT2D eigenvalue weighted by atomic mass is 10.3. The van der Waals surface area contributed by atoms with E-state index in [9.17, 15) is 9.59 Å². The highest BCUT2D eigenvalue weighted by Gasteiger charge is 2.15. The van der Waals surface area contributed by atoms with Crippen LogP contribution in [0, 0.1) is 0 Å². The molecular formula is C4H5NO2S. The zero-order valence-corrected chi connectivity index (χ0v) is 4.96. The first-order chi connectivity index (χ1) is 3.79. The highest BCUT2D eigenvalue weighted by atomic mass is 32.2. The number of carbonyl (C=O) groups excluding carboxylic acids is 2. The van der Waals surface area contributed by atoms with E-state index in [1.165, 1.54) is 0 Å². The van der Waals surface area contributed by atoms with Gasteiger partial charge in [0.1, 0.15) is 0 Å². The van der Waals surface area contributed by atoms with Crippen LogP contribution in [-0.2, 0) is 9.59 Å². The maximum absolute atomic E-state index is 10.4. The van der Waals surface area contributed by atoms with Gasteiger partial charge < -0.3 is 0 Å². The average molecular weight is 131 g/mol. The molecule has 1 aliphatic heterocycles. The Hall–Kier alpha value is -0.350. The number of Topliss-reactive ketones (excluding diaryl/α,β-unsaturated/α-hetero) is 1. The molecule has 8 heavy (non-hydrogen) atoms. The van der Waals surface area contributed by atoms with Gasteiger partial charge in [-0.2, -0.15) is 0 Å². The molecule has 1 saturated heterocycles. The molecule has 0 saturated carbocycles. The minimum Gasteiger partial charge on any atom is -0.298 e. The molecule has 0 aliphatic carbocycles. The van der Waals surface area contributed by atoms with E-state index in [-0.39, 0.29) is 17.3 Å². The lowest BCUT2D eigenvalue weighted by Crippen LogP contribution is -2.26. The SMILES string of the molecule is O=C1CNSC(=O)C1. The summed E-state index contributed by atoms with van der Waals surface area (Å²) in [4.78, 5) is 20.7. The fourth-order valence-electron chi connectivity index (χ4n) is 0.457. The molecule has 0 aromatic heterocycles. The molecule has 3 nitrogen and oxygen atoms in total. The summed E-state index contributed by atoms with van der Waals surface area (Å²) >= 11 is 1.01. The zero-order chi connectivity index (χ0) is 5.98. The van der Waals surface area contributed by atoms with Gasteiger partial charge in [-0.15, -0.1) is 0 Å². The molecular weight excluding hydrogens is 126 g/mol. The molecule has 44 valence electrons. The second-order valence-corrected chi connectivity index (χ2v) is 2.46. The van der Waals surface area contributed by atoms with Crippen LogP contribution in [-0.4, -0.2) is 17.4 Å². The molecule has 1 fully saturated rings. The van der Waals surface area contributed by atoms with Crippen LogP contribution in [0.3, 0.4) is 0 Å². The van der Waals surface area contributed by atoms with Crippen LogP contribution in [0.4, 0.5) is 0 Å². The number of hydrogen-bond acceptors (Lipinski definition) is 4. The topological polar surface area (TPSA) is 46.2 Å². The van der Waals surface area contributed by atoms with Crippen molar-refractivity contribution in [2.45, 2.75) is 6.42 Å². The second-order valence-electron chi connectivity index (χ2n) is 1.51. The van der Waals surface area contributed by atoms with Crippen LogP contribution < -0.4 is 4.72 Å². The van der Waals surface area contributed by atoms with E-state index in [1.54, 1.807) is 0 Å². The van der Waals surface area contributed by atoms with Crippen molar-refractivity contribution in [2.75, 3.05) is 6.54 Å². The van der Waals surface area contributed by atoms with E-state index < -0.39 is 0 Å².